The van der Waals surface area contributed by atoms with Gasteiger partial charge in [-0.2, -0.15) is 0 Å². The Morgan fingerprint density at radius 2 is 1.62 bits per heavy atom. The predicted molar refractivity (Wildman–Crippen MR) is 127 cm³/mol. The van der Waals surface area contributed by atoms with Crippen molar-refractivity contribution in [1.82, 2.24) is 5.32 Å². The van der Waals surface area contributed by atoms with E-state index in [0.29, 0.717) is 18.0 Å². The molecule has 0 saturated carbocycles. The number of hydrogen-bond donors (Lipinski definition) is 1. The van der Waals surface area contributed by atoms with Gasteiger partial charge in [0.25, 0.3) is 10.0 Å². The number of halogens is 2. The highest BCUT2D eigenvalue weighted by Crippen LogP contribution is 2.26. The van der Waals surface area contributed by atoms with E-state index in [9.17, 15) is 17.6 Å². The van der Waals surface area contributed by atoms with Gasteiger partial charge in [0.2, 0.25) is 5.91 Å². The Morgan fingerprint density at radius 3 is 2.31 bits per heavy atom. The zero-order valence-electron chi connectivity index (χ0n) is 17.1. The average Bonchev–Trinajstić information content (AvgIpc) is 2.79. The number of benzene rings is 3. The lowest BCUT2D eigenvalue weighted by molar-refractivity contribution is -0.119. The van der Waals surface area contributed by atoms with Crippen LogP contribution < -0.4 is 9.62 Å². The second-order valence-electron chi connectivity index (χ2n) is 6.78. The number of carbonyl (C=O) groups is 1. The van der Waals surface area contributed by atoms with Crippen LogP contribution in [-0.4, -0.2) is 33.2 Å². The van der Waals surface area contributed by atoms with E-state index in [1.807, 2.05) is 24.3 Å². The zero-order valence-corrected chi connectivity index (χ0v) is 19.5. The number of nitrogens with zero attached hydrogens (tertiary/aromatic N) is 1. The summed E-state index contributed by atoms with van der Waals surface area (Å²) in [5, 5.41) is 3.39. The molecule has 9 heteroatoms. The molecular weight excluding hydrogens is 471 g/mol. The summed E-state index contributed by atoms with van der Waals surface area (Å²) in [5.74, 6) is -0.468. The minimum absolute atomic E-state index is 0.0181. The van der Waals surface area contributed by atoms with E-state index in [-0.39, 0.29) is 10.6 Å². The first-order valence-corrected chi connectivity index (χ1v) is 12.7. The van der Waals surface area contributed by atoms with Crippen molar-refractivity contribution in [3.05, 3.63) is 89.7 Å². The number of hydrogen-bond acceptors (Lipinski definition) is 4. The molecule has 0 fully saturated rings. The van der Waals surface area contributed by atoms with Crippen molar-refractivity contribution in [2.75, 3.05) is 23.1 Å². The Balaban J connectivity index is 1.62. The molecule has 3 aromatic rings. The summed E-state index contributed by atoms with van der Waals surface area (Å²) >= 11 is 7.50. The third-order valence-electron chi connectivity index (χ3n) is 4.47. The van der Waals surface area contributed by atoms with Crippen LogP contribution in [0.5, 0.6) is 0 Å². The summed E-state index contributed by atoms with van der Waals surface area (Å²) < 4.78 is 41.5. The maximum Gasteiger partial charge on any atom is 0.264 e. The molecule has 3 aromatic carbocycles. The van der Waals surface area contributed by atoms with E-state index in [1.54, 1.807) is 30.0 Å². The fraction of sp³-hybridized carbons (Fsp3) is 0.174. The molecule has 0 aromatic heterocycles. The minimum atomic E-state index is -4.13. The predicted octanol–water partition coefficient (Wildman–Crippen LogP) is 4.97. The van der Waals surface area contributed by atoms with Gasteiger partial charge in [0.15, 0.2) is 0 Å². The number of amides is 1. The maximum absolute atomic E-state index is 14.4. The van der Waals surface area contributed by atoms with Crippen LogP contribution in [0.3, 0.4) is 0 Å². The van der Waals surface area contributed by atoms with Gasteiger partial charge >= 0.3 is 0 Å². The lowest BCUT2D eigenvalue weighted by atomic mass is 10.3. The number of para-hydroxylation sites is 1. The summed E-state index contributed by atoms with van der Waals surface area (Å²) in [6.07, 6.45) is 0.685. The first-order chi connectivity index (χ1) is 15.4. The molecule has 0 heterocycles. The monoisotopic (exact) mass is 492 g/mol. The van der Waals surface area contributed by atoms with E-state index in [2.05, 4.69) is 5.32 Å². The van der Waals surface area contributed by atoms with Crippen LogP contribution in [0, 0.1) is 5.82 Å². The molecule has 0 saturated heterocycles. The highest BCUT2D eigenvalue weighted by Gasteiger charge is 2.28. The number of sulfonamides is 1. The van der Waals surface area contributed by atoms with Crippen molar-refractivity contribution < 1.29 is 17.6 Å². The number of carbonyl (C=O) groups excluding carboxylic acids is 1. The SMILES string of the molecule is O=C(CN(c1ccccc1F)S(=O)(=O)c1ccccc1)NCCCSc1ccc(Cl)cc1. The van der Waals surface area contributed by atoms with Gasteiger partial charge in [-0.1, -0.05) is 41.9 Å². The van der Waals surface area contributed by atoms with Gasteiger partial charge in [0.05, 0.1) is 10.6 Å². The third kappa shape index (κ3) is 6.48. The smallest absolute Gasteiger partial charge is 0.264 e. The summed E-state index contributed by atoms with van der Waals surface area (Å²) in [7, 11) is -4.13. The molecule has 32 heavy (non-hydrogen) atoms. The van der Waals surface area contributed by atoms with Crippen LogP contribution >= 0.6 is 23.4 Å². The minimum Gasteiger partial charge on any atom is -0.354 e. The summed E-state index contributed by atoms with van der Waals surface area (Å²) in [4.78, 5) is 13.6. The molecule has 1 N–H and O–H groups in total. The molecule has 0 bridgehead atoms. The second-order valence-corrected chi connectivity index (χ2v) is 10.2. The van der Waals surface area contributed by atoms with Gasteiger partial charge in [-0.25, -0.2) is 12.8 Å². The molecule has 0 radical (unpaired) electrons. The molecule has 0 atom stereocenters. The van der Waals surface area contributed by atoms with Gasteiger partial charge in [0, 0.05) is 16.5 Å². The summed E-state index contributed by atoms with van der Waals surface area (Å²) in [6.45, 7) is -0.154. The fourth-order valence-corrected chi connectivity index (χ4v) is 5.31. The van der Waals surface area contributed by atoms with Crippen LogP contribution in [0.1, 0.15) is 6.42 Å². The molecule has 0 unspecified atom stereocenters. The van der Waals surface area contributed by atoms with Crippen LogP contribution in [0.15, 0.2) is 88.7 Å². The van der Waals surface area contributed by atoms with E-state index in [4.69, 9.17) is 11.6 Å². The van der Waals surface area contributed by atoms with Crippen molar-refractivity contribution >= 4 is 45.0 Å². The van der Waals surface area contributed by atoms with E-state index in [0.717, 1.165) is 21.0 Å². The quantitative estimate of drug-likeness (QED) is 0.320. The first-order valence-electron chi connectivity index (χ1n) is 9.85. The molecule has 3 rings (SSSR count). The largest absolute Gasteiger partial charge is 0.354 e. The van der Waals surface area contributed by atoms with E-state index >= 15 is 0 Å². The molecule has 0 aliphatic carbocycles. The van der Waals surface area contributed by atoms with Crippen molar-refractivity contribution in [1.29, 1.82) is 0 Å². The number of thioether (sulfide) groups is 1. The van der Waals surface area contributed by atoms with Crippen molar-refractivity contribution in [2.24, 2.45) is 0 Å². The van der Waals surface area contributed by atoms with Crippen molar-refractivity contribution in [3.8, 4) is 0 Å². The standard InChI is InChI=1S/C23H22ClFN2O3S2/c24-18-11-13-19(14-12-18)31-16-6-15-26-23(28)17-27(22-10-5-4-9-21(22)25)32(29,30)20-7-2-1-3-8-20/h1-5,7-14H,6,15-17H2,(H,26,28). The van der Waals surface area contributed by atoms with Crippen LogP contribution in [0.4, 0.5) is 10.1 Å². The fourth-order valence-electron chi connectivity index (χ4n) is 2.88. The Kier molecular flexibility index (Phi) is 8.55. The highest BCUT2D eigenvalue weighted by molar-refractivity contribution is 7.99. The Morgan fingerprint density at radius 1 is 0.969 bits per heavy atom. The molecule has 0 aliphatic heterocycles. The Hall–Kier alpha value is -2.55. The topological polar surface area (TPSA) is 66.5 Å². The lowest BCUT2D eigenvalue weighted by Crippen LogP contribution is -2.41. The van der Waals surface area contributed by atoms with Gasteiger partial charge in [-0.3, -0.25) is 9.10 Å². The second kappa shape index (κ2) is 11.4. The summed E-state index contributed by atoms with van der Waals surface area (Å²) in [5.41, 5.74) is -0.176. The third-order valence-corrected chi connectivity index (χ3v) is 7.59. The first kappa shape index (κ1) is 24.1. The van der Waals surface area contributed by atoms with Crippen molar-refractivity contribution in [2.45, 2.75) is 16.2 Å². The van der Waals surface area contributed by atoms with Gasteiger partial charge in [-0.15, -0.1) is 11.8 Å². The Bertz CT molecular complexity index is 1140. The van der Waals surface area contributed by atoms with Crippen LogP contribution in [0.2, 0.25) is 5.02 Å². The summed E-state index contributed by atoms with van der Waals surface area (Å²) in [6, 6.07) is 20.6. The lowest BCUT2D eigenvalue weighted by Gasteiger charge is -2.24. The van der Waals surface area contributed by atoms with E-state index < -0.39 is 28.3 Å². The van der Waals surface area contributed by atoms with Crippen molar-refractivity contribution in [3.63, 3.8) is 0 Å². The number of nitrogens with one attached hydrogen (secondary N) is 1. The molecule has 168 valence electrons. The Labute approximate surface area is 196 Å². The maximum atomic E-state index is 14.4. The molecule has 5 nitrogen and oxygen atoms in total. The molecule has 1 amide bonds. The van der Waals surface area contributed by atoms with Gasteiger partial charge < -0.3 is 5.32 Å². The van der Waals surface area contributed by atoms with E-state index in [1.165, 1.54) is 30.3 Å². The van der Waals surface area contributed by atoms with Crippen LogP contribution in [-0.2, 0) is 14.8 Å². The molecule has 0 spiro atoms. The highest BCUT2D eigenvalue weighted by atomic mass is 35.5. The zero-order chi connectivity index (χ0) is 23.0. The van der Waals surface area contributed by atoms with Gasteiger partial charge in [-0.05, 0) is 60.7 Å². The van der Waals surface area contributed by atoms with Crippen LogP contribution in [0.25, 0.3) is 0 Å². The molecular formula is C23H22ClFN2O3S2. The number of rotatable bonds is 10. The number of anilines is 1. The normalized spacial score (nSPS) is 11.2. The molecule has 0 aliphatic rings. The average molecular weight is 493 g/mol. The van der Waals surface area contributed by atoms with Gasteiger partial charge in [0.1, 0.15) is 12.4 Å².